The van der Waals surface area contributed by atoms with E-state index in [9.17, 15) is 4.79 Å². The average Bonchev–Trinajstić information content (AvgIpc) is 3.40. The molecule has 4 rings (SSSR count). The number of methoxy groups -OCH3 is 2. The largest absolute Gasteiger partial charge is 0.493 e. The van der Waals surface area contributed by atoms with Crippen molar-refractivity contribution in [3.05, 3.63) is 48.5 Å². The third-order valence-electron chi connectivity index (χ3n) is 5.39. The molecule has 0 fully saturated rings. The van der Waals surface area contributed by atoms with Crippen LogP contribution >= 0.6 is 0 Å². The Bertz CT molecular complexity index is 1270. The minimum Gasteiger partial charge on any atom is -0.493 e. The predicted molar refractivity (Wildman–Crippen MR) is 131 cm³/mol. The fourth-order valence-electron chi connectivity index (χ4n) is 3.55. The summed E-state index contributed by atoms with van der Waals surface area (Å²) in [7, 11) is 5.03. The molecule has 184 valence electrons. The molecule has 0 atom stereocenters. The summed E-state index contributed by atoms with van der Waals surface area (Å²) in [6.45, 7) is 2.71. The van der Waals surface area contributed by atoms with Crippen molar-refractivity contribution in [2.24, 2.45) is 7.05 Å². The van der Waals surface area contributed by atoms with E-state index in [-0.39, 0.29) is 12.5 Å². The van der Waals surface area contributed by atoms with Gasteiger partial charge in [0.25, 0.3) is 0 Å². The number of fused-ring (bicyclic) bond motifs is 1. The molecule has 2 aromatic heterocycles. The second-order valence-electron chi connectivity index (χ2n) is 7.84. The molecule has 2 heterocycles. The Labute approximate surface area is 203 Å². The minimum absolute atomic E-state index is 0.0451. The highest BCUT2D eigenvalue weighted by atomic mass is 16.5. The maximum Gasteiger partial charge on any atom is 0.250 e. The molecular weight excluding hydrogens is 450 g/mol. The van der Waals surface area contributed by atoms with Crippen LogP contribution in [-0.2, 0) is 16.6 Å². The third-order valence-corrected chi connectivity index (χ3v) is 5.39. The molecule has 2 aromatic carbocycles. The molecule has 10 nitrogen and oxygen atoms in total. The summed E-state index contributed by atoms with van der Waals surface area (Å²) >= 11 is 0. The van der Waals surface area contributed by atoms with E-state index in [1.54, 1.807) is 32.4 Å². The Morgan fingerprint density at radius 2 is 1.74 bits per heavy atom. The molecule has 0 aliphatic heterocycles. The van der Waals surface area contributed by atoms with Crippen molar-refractivity contribution in [1.82, 2.24) is 19.4 Å². The lowest BCUT2D eigenvalue weighted by molar-refractivity contribution is -0.120. The Balaban J connectivity index is 1.48. The van der Waals surface area contributed by atoms with Gasteiger partial charge in [-0.3, -0.25) is 4.79 Å². The van der Waals surface area contributed by atoms with Gasteiger partial charge in [-0.1, -0.05) is 19.4 Å². The van der Waals surface area contributed by atoms with Gasteiger partial charge in [0.2, 0.25) is 17.5 Å². The van der Waals surface area contributed by atoms with Gasteiger partial charge >= 0.3 is 0 Å². The SMILES string of the molecule is CCCCOCC(=O)Nc1ccc(-c2nn3nc(Oc4c(OC)cccc4OC)cc3n2C)cc1. The van der Waals surface area contributed by atoms with Crippen molar-refractivity contribution in [3.8, 4) is 34.5 Å². The molecule has 0 aliphatic rings. The number of hydrogen-bond donors (Lipinski definition) is 1. The van der Waals surface area contributed by atoms with Crippen LogP contribution < -0.4 is 19.5 Å². The van der Waals surface area contributed by atoms with E-state index in [1.165, 1.54) is 4.63 Å². The Morgan fingerprint density at radius 1 is 1.03 bits per heavy atom. The first-order valence-corrected chi connectivity index (χ1v) is 11.3. The maximum atomic E-state index is 12.0. The van der Waals surface area contributed by atoms with Crippen LogP contribution in [0.15, 0.2) is 48.5 Å². The summed E-state index contributed by atoms with van der Waals surface area (Å²) in [4.78, 5) is 12.0. The number of carbonyl (C=O) groups is 1. The van der Waals surface area contributed by atoms with Gasteiger partial charge in [-0.15, -0.1) is 14.8 Å². The van der Waals surface area contributed by atoms with Crippen molar-refractivity contribution >= 4 is 17.2 Å². The van der Waals surface area contributed by atoms with Crippen LogP contribution in [-0.4, -0.2) is 52.7 Å². The van der Waals surface area contributed by atoms with Crippen molar-refractivity contribution < 1.29 is 23.7 Å². The monoisotopic (exact) mass is 479 g/mol. The second kappa shape index (κ2) is 10.9. The summed E-state index contributed by atoms with van der Waals surface area (Å²) in [6.07, 6.45) is 1.98. The van der Waals surface area contributed by atoms with Crippen molar-refractivity contribution in [2.45, 2.75) is 19.8 Å². The van der Waals surface area contributed by atoms with Gasteiger partial charge in [-0.25, -0.2) is 0 Å². The minimum atomic E-state index is -0.177. The number of para-hydroxylation sites is 1. The van der Waals surface area contributed by atoms with Gasteiger partial charge in [0.15, 0.2) is 23.0 Å². The molecule has 0 aliphatic carbocycles. The first-order chi connectivity index (χ1) is 17.0. The molecular formula is C25H29N5O5. The molecule has 0 unspecified atom stereocenters. The zero-order valence-electron chi connectivity index (χ0n) is 20.3. The topological polar surface area (TPSA) is 101 Å². The Hall–Kier alpha value is -4.05. The number of aromatic nitrogens is 4. The van der Waals surface area contributed by atoms with Gasteiger partial charge in [-0.2, -0.15) is 0 Å². The van der Waals surface area contributed by atoms with Crippen LogP contribution in [0.3, 0.4) is 0 Å². The molecule has 0 radical (unpaired) electrons. The van der Waals surface area contributed by atoms with Crippen LogP contribution in [0.5, 0.6) is 23.1 Å². The number of benzene rings is 2. The summed E-state index contributed by atoms with van der Waals surface area (Å²) < 4.78 is 25.5. The Morgan fingerprint density at radius 3 is 2.37 bits per heavy atom. The van der Waals surface area contributed by atoms with Crippen LogP contribution in [0.4, 0.5) is 5.69 Å². The standard InChI is InChI=1S/C25H29N5O5/c1-5-6-14-34-16-21(31)26-18-12-10-17(11-13-18)25-28-30-23(29(25)2)15-22(27-30)35-24-19(32-3)8-7-9-20(24)33-4/h7-13,15H,5-6,14,16H2,1-4H3,(H,26,31). The average molecular weight is 480 g/mol. The highest BCUT2D eigenvalue weighted by molar-refractivity contribution is 5.91. The third kappa shape index (κ3) is 5.38. The van der Waals surface area contributed by atoms with Crippen LogP contribution in [0, 0.1) is 0 Å². The normalized spacial score (nSPS) is 11.0. The van der Waals surface area contributed by atoms with Gasteiger partial charge < -0.3 is 28.8 Å². The van der Waals surface area contributed by atoms with Crippen LogP contribution in [0.25, 0.3) is 17.0 Å². The highest BCUT2D eigenvalue weighted by Crippen LogP contribution is 2.39. The second-order valence-corrected chi connectivity index (χ2v) is 7.84. The van der Waals surface area contributed by atoms with Gasteiger partial charge in [0.05, 0.1) is 14.2 Å². The zero-order valence-corrected chi connectivity index (χ0v) is 20.3. The number of rotatable bonds is 11. The first kappa shape index (κ1) is 24.1. The van der Waals surface area contributed by atoms with Gasteiger partial charge in [0.1, 0.15) is 6.61 Å². The molecule has 0 saturated carbocycles. The van der Waals surface area contributed by atoms with Crippen molar-refractivity contribution in [3.63, 3.8) is 0 Å². The zero-order chi connectivity index (χ0) is 24.8. The summed E-state index contributed by atoms with van der Waals surface area (Å²) in [5.41, 5.74) is 2.31. The smallest absolute Gasteiger partial charge is 0.250 e. The number of unbranched alkanes of at least 4 members (excludes halogenated alkanes) is 1. The lowest BCUT2D eigenvalue weighted by atomic mass is 10.2. The number of nitrogens with one attached hydrogen (secondary N) is 1. The van der Waals surface area contributed by atoms with E-state index < -0.39 is 0 Å². The summed E-state index contributed by atoms with van der Waals surface area (Å²) in [6, 6.07) is 14.6. The van der Waals surface area contributed by atoms with Gasteiger partial charge in [-0.05, 0) is 42.8 Å². The van der Waals surface area contributed by atoms with Crippen molar-refractivity contribution in [1.29, 1.82) is 0 Å². The highest BCUT2D eigenvalue weighted by Gasteiger charge is 2.18. The fraction of sp³-hybridized carbons (Fsp3) is 0.320. The van der Waals surface area contributed by atoms with E-state index in [2.05, 4.69) is 22.4 Å². The lowest BCUT2D eigenvalue weighted by Crippen LogP contribution is -2.18. The van der Waals surface area contributed by atoms with E-state index in [1.807, 2.05) is 41.9 Å². The fourth-order valence-corrected chi connectivity index (χ4v) is 3.55. The summed E-state index contributed by atoms with van der Waals surface area (Å²) in [5.74, 6) is 2.41. The van der Waals surface area contributed by atoms with E-state index >= 15 is 0 Å². The number of hydrogen-bond acceptors (Lipinski definition) is 7. The van der Waals surface area contributed by atoms with E-state index in [0.717, 1.165) is 29.9 Å². The molecule has 1 amide bonds. The number of amides is 1. The number of ether oxygens (including phenoxy) is 4. The molecule has 10 heteroatoms. The number of nitrogens with zero attached hydrogens (tertiary/aromatic N) is 4. The molecule has 0 bridgehead atoms. The van der Waals surface area contributed by atoms with E-state index in [0.29, 0.717) is 35.4 Å². The Kier molecular flexibility index (Phi) is 7.51. The molecule has 0 spiro atoms. The van der Waals surface area contributed by atoms with Crippen molar-refractivity contribution in [2.75, 3.05) is 32.8 Å². The predicted octanol–water partition coefficient (Wildman–Crippen LogP) is 4.30. The first-order valence-electron chi connectivity index (χ1n) is 11.3. The van der Waals surface area contributed by atoms with Crippen LogP contribution in [0.1, 0.15) is 19.8 Å². The maximum absolute atomic E-state index is 12.0. The van der Waals surface area contributed by atoms with E-state index in [4.69, 9.17) is 18.9 Å². The van der Waals surface area contributed by atoms with Crippen LogP contribution in [0.2, 0.25) is 0 Å². The van der Waals surface area contributed by atoms with Gasteiger partial charge in [0, 0.05) is 31.0 Å². The summed E-state index contributed by atoms with van der Waals surface area (Å²) in [5, 5.41) is 11.9. The number of aryl methyl sites for hydroxylation is 1. The number of carbonyl (C=O) groups excluding carboxylic acids is 1. The lowest BCUT2D eigenvalue weighted by Gasteiger charge is -2.11. The molecule has 1 N–H and O–H groups in total. The molecule has 0 saturated heterocycles. The molecule has 4 aromatic rings. The quantitative estimate of drug-likeness (QED) is 0.320. The molecule has 35 heavy (non-hydrogen) atoms. The number of anilines is 1.